The van der Waals surface area contributed by atoms with Gasteiger partial charge in [-0.2, -0.15) is 0 Å². The zero-order chi connectivity index (χ0) is 8.10. The van der Waals surface area contributed by atoms with Crippen molar-refractivity contribution in [1.29, 1.82) is 0 Å². The third kappa shape index (κ3) is 2.21. The van der Waals surface area contributed by atoms with Crippen LogP contribution in [0.4, 0.5) is 0 Å². The molecule has 2 nitrogen and oxygen atoms in total. The molecule has 3 heteroatoms. The highest BCUT2D eigenvalue weighted by Gasteiger charge is 2.20. The Morgan fingerprint density at radius 2 is 2.09 bits per heavy atom. The van der Waals surface area contributed by atoms with Gasteiger partial charge in [0.25, 0.3) is 0 Å². The minimum absolute atomic E-state index is 0.381. The summed E-state index contributed by atoms with van der Waals surface area (Å²) in [6.45, 7) is 8.06. The van der Waals surface area contributed by atoms with E-state index < -0.39 is 0 Å². The molecule has 1 saturated heterocycles. The maximum atomic E-state index is 5.16. The van der Waals surface area contributed by atoms with Crippen LogP contribution >= 0.6 is 0 Å². The molecule has 0 spiro atoms. The molecule has 0 saturated carbocycles. The molecule has 0 bridgehead atoms. The van der Waals surface area contributed by atoms with Gasteiger partial charge in [-0.25, -0.2) is 0 Å². The molecule has 0 unspecified atom stereocenters. The van der Waals surface area contributed by atoms with Crippen LogP contribution in [-0.4, -0.2) is 26.5 Å². The Morgan fingerprint density at radius 3 is 2.55 bits per heavy atom. The predicted octanol–water partition coefficient (Wildman–Crippen LogP) is 1.24. The molecule has 1 aliphatic heterocycles. The lowest BCUT2D eigenvalue weighted by atomic mass is 9.45. The molecule has 0 radical (unpaired) electrons. The van der Waals surface area contributed by atoms with E-state index in [9.17, 15) is 0 Å². The zero-order valence-electron chi connectivity index (χ0n) is 6.88. The summed E-state index contributed by atoms with van der Waals surface area (Å²) in [7, 11) is 0. The smallest absolute Gasteiger partial charge is 0.234 e. The van der Waals surface area contributed by atoms with Gasteiger partial charge in [0.05, 0.1) is 0 Å². The van der Waals surface area contributed by atoms with Crippen molar-refractivity contribution >= 4 is 6.71 Å². The molecule has 0 amide bonds. The number of hydrogen-bond acceptors (Lipinski definition) is 2. The Labute approximate surface area is 68.0 Å². The van der Waals surface area contributed by atoms with Crippen LogP contribution in [0.25, 0.3) is 0 Å². The van der Waals surface area contributed by atoms with Gasteiger partial charge >= 0.3 is 0 Å². The highest BCUT2D eigenvalue weighted by Crippen LogP contribution is 2.07. The van der Waals surface area contributed by atoms with Crippen molar-refractivity contribution in [2.24, 2.45) is 0 Å². The van der Waals surface area contributed by atoms with Gasteiger partial charge in [0.15, 0.2) is 0 Å². The van der Waals surface area contributed by atoms with Crippen LogP contribution in [0.15, 0.2) is 24.2 Å². The lowest BCUT2D eigenvalue weighted by molar-refractivity contribution is -0.0413. The van der Waals surface area contributed by atoms with Gasteiger partial charge in [-0.3, -0.25) is 0 Å². The minimum atomic E-state index is 0.381. The molecule has 1 heterocycles. The zero-order valence-corrected chi connectivity index (χ0v) is 6.88. The summed E-state index contributed by atoms with van der Waals surface area (Å²) in [5.41, 5.74) is 1.21. The number of ether oxygens (including phenoxy) is 2. The van der Waals surface area contributed by atoms with Crippen molar-refractivity contribution < 1.29 is 9.47 Å². The fourth-order valence-electron chi connectivity index (χ4n) is 1.20. The SMILES string of the molecule is C=C/C(=C\C)B1COCOC1. The van der Waals surface area contributed by atoms with Gasteiger partial charge < -0.3 is 9.47 Å². The van der Waals surface area contributed by atoms with Crippen LogP contribution in [0.3, 0.4) is 0 Å². The summed E-state index contributed by atoms with van der Waals surface area (Å²) in [5.74, 6) is 0. The average molecular weight is 152 g/mol. The summed E-state index contributed by atoms with van der Waals surface area (Å²) in [6, 6.07) is 0. The van der Waals surface area contributed by atoms with Crippen LogP contribution in [0.1, 0.15) is 6.92 Å². The highest BCUT2D eigenvalue weighted by molar-refractivity contribution is 6.67. The van der Waals surface area contributed by atoms with Crippen molar-refractivity contribution in [3.05, 3.63) is 24.2 Å². The predicted molar refractivity (Wildman–Crippen MR) is 46.5 cm³/mol. The summed E-state index contributed by atoms with van der Waals surface area (Å²) < 4.78 is 10.3. The van der Waals surface area contributed by atoms with Gasteiger partial charge in [0, 0.05) is 13.0 Å². The normalized spacial score (nSPS) is 20.1. The fourth-order valence-corrected chi connectivity index (χ4v) is 1.20. The molecular formula is C8H13BO2. The molecule has 0 aromatic heterocycles. The van der Waals surface area contributed by atoms with Crippen LogP contribution in [0.5, 0.6) is 0 Å². The number of rotatable bonds is 2. The third-order valence-corrected chi connectivity index (χ3v) is 1.85. The van der Waals surface area contributed by atoms with Crippen LogP contribution in [0.2, 0.25) is 0 Å². The molecule has 0 atom stereocenters. The van der Waals surface area contributed by atoms with Gasteiger partial charge in [-0.1, -0.05) is 24.2 Å². The highest BCUT2D eigenvalue weighted by atomic mass is 16.7. The van der Waals surface area contributed by atoms with E-state index in [1.165, 1.54) is 5.47 Å². The Balaban J connectivity index is 2.49. The van der Waals surface area contributed by atoms with Crippen molar-refractivity contribution in [2.75, 3.05) is 19.8 Å². The van der Waals surface area contributed by atoms with Crippen molar-refractivity contribution in [3.63, 3.8) is 0 Å². The van der Waals surface area contributed by atoms with Gasteiger partial charge in [0.1, 0.15) is 6.79 Å². The Morgan fingerprint density at radius 1 is 1.45 bits per heavy atom. The van der Waals surface area contributed by atoms with Crippen molar-refractivity contribution in [1.82, 2.24) is 0 Å². The first-order valence-corrected chi connectivity index (χ1v) is 3.82. The maximum Gasteiger partial charge on any atom is 0.234 e. The van der Waals surface area contributed by atoms with Crippen LogP contribution in [-0.2, 0) is 9.47 Å². The van der Waals surface area contributed by atoms with E-state index in [1.807, 2.05) is 13.0 Å². The van der Waals surface area contributed by atoms with E-state index in [-0.39, 0.29) is 0 Å². The Bertz CT molecular complexity index is 159. The van der Waals surface area contributed by atoms with E-state index in [0.717, 1.165) is 13.0 Å². The largest absolute Gasteiger partial charge is 0.363 e. The van der Waals surface area contributed by atoms with Gasteiger partial charge in [0.2, 0.25) is 6.71 Å². The van der Waals surface area contributed by atoms with Gasteiger partial charge in [-0.05, 0) is 6.92 Å². The number of hydrogen-bond donors (Lipinski definition) is 0. The van der Waals surface area contributed by atoms with E-state index >= 15 is 0 Å². The molecule has 60 valence electrons. The van der Waals surface area contributed by atoms with Crippen molar-refractivity contribution in [2.45, 2.75) is 6.92 Å². The van der Waals surface area contributed by atoms with E-state index in [4.69, 9.17) is 9.47 Å². The molecular weight excluding hydrogens is 139 g/mol. The molecule has 0 aromatic rings. The van der Waals surface area contributed by atoms with E-state index in [2.05, 4.69) is 12.7 Å². The third-order valence-electron chi connectivity index (χ3n) is 1.85. The average Bonchev–Trinajstić information content (AvgIpc) is 2.09. The molecule has 11 heavy (non-hydrogen) atoms. The minimum Gasteiger partial charge on any atom is -0.363 e. The van der Waals surface area contributed by atoms with Crippen molar-refractivity contribution in [3.8, 4) is 0 Å². The van der Waals surface area contributed by atoms with E-state index in [0.29, 0.717) is 13.5 Å². The van der Waals surface area contributed by atoms with Gasteiger partial charge in [-0.15, -0.1) is 0 Å². The Kier molecular flexibility index (Phi) is 3.40. The molecule has 1 aliphatic rings. The lowest BCUT2D eigenvalue weighted by Crippen LogP contribution is -2.35. The second kappa shape index (κ2) is 4.37. The first-order chi connectivity index (χ1) is 5.38. The standard InChI is InChI=1S/C8H13BO2/c1-3-8(4-2)9-5-10-7-11-6-9/h3-4H,1,5-7H2,2H3/b8-4+. The second-order valence-electron chi connectivity index (χ2n) is 2.55. The first kappa shape index (κ1) is 8.56. The summed E-state index contributed by atoms with van der Waals surface area (Å²) in [5, 5.41) is 0. The summed E-state index contributed by atoms with van der Waals surface area (Å²) in [6.07, 6.45) is 3.92. The molecule has 0 aliphatic carbocycles. The lowest BCUT2D eigenvalue weighted by Gasteiger charge is -2.20. The fraction of sp³-hybridized carbons (Fsp3) is 0.500. The summed E-state index contributed by atoms with van der Waals surface area (Å²) >= 11 is 0. The van der Waals surface area contributed by atoms with Crippen LogP contribution in [0, 0.1) is 0 Å². The molecule has 0 aromatic carbocycles. The Hall–Kier alpha value is -0.535. The quantitative estimate of drug-likeness (QED) is 0.437. The molecule has 1 rings (SSSR count). The van der Waals surface area contributed by atoms with Crippen LogP contribution < -0.4 is 0 Å². The van der Waals surface area contributed by atoms with E-state index in [1.54, 1.807) is 0 Å². The molecule has 0 N–H and O–H groups in total. The second-order valence-corrected chi connectivity index (χ2v) is 2.55. The monoisotopic (exact) mass is 152 g/mol. The molecule has 1 fully saturated rings. The maximum absolute atomic E-state index is 5.16. The first-order valence-electron chi connectivity index (χ1n) is 3.82. The topological polar surface area (TPSA) is 18.5 Å². The summed E-state index contributed by atoms with van der Waals surface area (Å²) in [4.78, 5) is 0. The number of allylic oxidation sites excluding steroid dienone is 3.